The van der Waals surface area contributed by atoms with Gasteiger partial charge in [0.1, 0.15) is 5.60 Å². The average Bonchev–Trinajstić information content (AvgIpc) is 2.52. The van der Waals surface area contributed by atoms with Gasteiger partial charge in [-0.05, 0) is 62.1 Å². The van der Waals surface area contributed by atoms with Gasteiger partial charge in [-0.15, -0.1) is 0 Å². The Bertz CT molecular complexity index is 674. The largest absolute Gasteiger partial charge is 0.478 e. The van der Waals surface area contributed by atoms with Crippen LogP contribution in [0.3, 0.4) is 0 Å². The van der Waals surface area contributed by atoms with Gasteiger partial charge in [0.15, 0.2) is 0 Å². The number of carbonyl (C=O) groups excluding carboxylic acids is 1. The lowest BCUT2D eigenvalue weighted by molar-refractivity contribution is 0.0204. The molecule has 1 amide bonds. The van der Waals surface area contributed by atoms with E-state index in [-0.39, 0.29) is 11.5 Å². The van der Waals surface area contributed by atoms with Gasteiger partial charge in [-0.2, -0.15) is 0 Å². The van der Waals surface area contributed by atoms with Gasteiger partial charge in [-0.25, -0.2) is 9.59 Å². The molecule has 5 heteroatoms. The standard InChI is InChI=1S/C21H31NO4/c1-20(2,3)17-13-15(7-8-16(17)18(23)24)14-9-11-22(12-10-14)19(25)26-21(4,5)6/h7-8,13-14H,9-12H2,1-6H3,(H,23,24). The van der Waals surface area contributed by atoms with E-state index in [1.165, 1.54) is 0 Å². The second-order valence-corrected chi connectivity index (χ2v) is 9.10. The van der Waals surface area contributed by atoms with Gasteiger partial charge in [-0.3, -0.25) is 0 Å². The lowest BCUT2D eigenvalue weighted by Gasteiger charge is -2.34. The van der Waals surface area contributed by atoms with E-state index < -0.39 is 11.6 Å². The van der Waals surface area contributed by atoms with E-state index >= 15 is 0 Å². The van der Waals surface area contributed by atoms with Crippen molar-refractivity contribution in [2.75, 3.05) is 13.1 Å². The minimum absolute atomic E-state index is 0.235. The lowest BCUT2D eigenvalue weighted by atomic mass is 9.80. The zero-order chi connectivity index (χ0) is 19.7. The molecule has 0 aliphatic carbocycles. The Morgan fingerprint density at radius 3 is 2.12 bits per heavy atom. The summed E-state index contributed by atoms with van der Waals surface area (Å²) in [6.45, 7) is 13.0. The fourth-order valence-corrected chi connectivity index (χ4v) is 3.34. The molecule has 2 rings (SSSR count). The maximum atomic E-state index is 12.2. The van der Waals surface area contributed by atoms with Gasteiger partial charge >= 0.3 is 12.1 Å². The second kappa shape index (κ2) is 7.29. The highest BCUT2D eigenvalue weighted by atomic mass is 16.6. The number of ether oxygens (including phenoxy) is 1. The SMILES string of the molecule is CC(C)(C)OC(=O)N1CCC(c2ccc(C(=O)O)c(C(C)(C)C)c2)CC1. The molecule has 0 spiro atoms. The molecule has 0 radical (unpaired) electrons. The van der Waals surface area contributed by atoms with Crippen molar-refractivity contribution in [1.29, 1.82) is 0 Å². The first-order valence-corrected chi connectivity index (χ1v) is 9.24. The van der Waals surface area contributed by atoms with E-state index in [9.17, 15) is 14.7 Å². The van der Waals surface area contributed by atoms with Crippen LogP contribution in [0.15, 0.2) is 18.2 Å². The Hall–Kier alpha value is -2.04. The Morgan fingerprint density at radius 1 is 1.08 bits per heavy atom. The van der Waals surface area contributed by atoms with E-state index in [1.54, 1.807) is 11.0 Å². The number of hydrogen-bond acceptors (Lipinski definition) is 3. The molecule has 1 aromatic carbocycles. The van der Waals surface area contributed by atoms with Crippen LogP contribution < -0.4 is 0 Å². The molecule has 0 unspecified atom stereocenters. The highest BCUT2D eigenvalue weighted by Crippen LogP contribution is 2.33. The van der Waals surface area contributed by atoms with Gasteiger partial charge in [0, 0.05) is 13.1 Å². The van der Waals surface area contributed by atoms with Gasteiger partial charge < -0.3 is 14.7 Å². The molecule has 0 saturated carbocycles. The van der Waals surface area contributed by atoms with E-state index in [0.717, 1.165) is 24.0 Å². The van der Waals surface area contributed by atoms with Crippen molar-refractivity contribution in [2.24, 2.45) is 0 Å². The van der Waals surface area contributed by atoms with Crippen molar-refractivity contribution in [3.8, 4) is 0 Å². The number of rotatable bonds is 2. The molecule has 1 aromatic rings. The van der Waals surface area contributed by atoms with E-state index in [1.807, 2.05) is 53.7 Å². The summed E-state index contributed by atoms with van der Waals surface area (Å²) < 4.78 is 5.45. The highest BCUT2D eigenvalue weighted by molar-refractivity contribution is 5.90. The quantitative estimate of drug-likeness (QED) is 0.822. The third-order valence-electron chi connectivity index (χ3n) is 4.70. The van der Waals surface area contributed by atoms with Crippen molar-refractivity contribution in [3.05, 3.63) is 34.9 Å². The van der Waals surface area contributed by atoms with E-state index in [0.29, 0.717) is 24.6 Å². The van der Waals surface area contributed by atoms with Crippen LogP contribution in [0.1, 0.15) is 81.8 Å². The summed E-state index contributed by atoms with van der Waals surface area (Å²) in [5.74, 6) is -0.557. The average molecular weight is 361 g/mol. The fraction of sp³-hybridized carbons (Fsp3) is 0.619. The van der Waals surface area contributed by atoms with Gasteiger partial charge in [-0.1, -0.05) is 32.9 Å². The number of nitrogens with zero attached hydrogens (tertiary/aromatic N) is 1. The molecule has 1 saturated heterocycles. The molecule has 0 bridgehead atoms. The first-order chi connectivity index (χ1) is 11.9. The smallest absolute Gasteiger partial charge is 0.410 e. The van der Waals surface area contributed by atoms with Crippen LogP contribution in [-0.2, 0) is 10.2 Å². The van der Waals surface area contributed by atoms with Crippen molar-refractivity contribution >= 4 is 12.1 Å². The molecular weight excluding hydrogens is 330 g/mol. The summed E-state index contributed by atoms with van der Waals surface area (Å²) in [5.41, 5.74) is 1.66. The molecular formula is C21H31NO4. The third-order valence-corrected chi connectivity index (χ3v) is 4.70. The van der Waals surface area contributed by atoms with Crippen molar-refractivity contribution in [1.82, 2.24) is 4.90 Å². The summed E-state index contributed by atoms with van der Waals surface area (Å²) >= 11 is 0. The molecule has 1 aliphatic rings. The number of carboxylic acid groups (broad SMARTS) is 1. The topological polar surface area (TPSA) is 66.8 Å². The number of carboxylic acids is 1. The van der Waals surface area contributed by atoms with Crippen LogP contribution in [0.4, 0.5) is 4.79 Å². The summed E-state index contributed by atoms with van der Waals surface area (Å²) in [6, 6.07) is 5.68. The number of piperidine rings is 1. The minimum Gasteiger partial charge on any atom is -0.478 e. The van der Waals surface area contributed by atoms with Crippen LogP contribution >= 0.6 is 0 Å². The maximum Gasteiger partial charge on any atom is 0.410 e. The van der Waals surface area contributed by atoms with Crippen molar-refractivity contribution in [2.45, 2.75) is 71.3 Å². The van der Waals surface area contributed by atoms with Crippen LogP contribution in [0.5, 0.6) is 0 Å². The highest BCUT2D eigenvalue weighted by Gasteiger charge is 2.29. The molecule has 144 valence electrons. The van der Waals surface area contributed by atoms with Gasteiger partial charge in [0.25, 0.3) is 0 Å². The molecule has 26 heavy (non-hydrogen) atoms. The molecule has 0 atom stereocenters. The summed E-state index contributed by atoms with van der Waals surface area (Å²) in [7, 11) is 0. The molecule has 1 aliphatic heterocycles. The molecule has 5 nitrogen and oxygen atoms in total. The summed E-state index contributed by atoms with van der Waals surface area (Å²) in [4.78, 5) is 25.5. The van der Waals surface area contributed by atoms with Crippen LogP contribution in [0.2, 0.25) is 0 Å². The Balaban J connectivity index is 2.12. The first-order valence-electron chi connectivity index (χ1n) is 9.24. The normalized spacial score (nSPS) is 16.5. The fourth-order valence-electron chi connectivity index (χ4n) is 3.34. The van der Waals surface area contributed by atoms with Crippen molar-refractivity contribution < 1.29 is 19.4 Å². The second-order valence-electron chi connectivity index (χ2n) is 9.10. The zero-order valence-electron chi connectivity index (χ0n) is 16.8. The van der Waals surface area contributed by atoms with Crippen LogP contribution in [-0.4, -0.2) is 40.8 Å². The number of aromatic carboxylic acids is 1. The predicted octanol–water partition coefficient (Wildman–Crippen LogP) is 4.80. The predicted molar refractivity (Wildman–Crippen MR) is 102 cm³/mol. The monoisotopic (exact) mass is 361 g/mol. The summed E-state index contributed by atoms with van der Waals surface area (Å²) in [6.07, 6.45) is 1.46. The van der Waals surface area contributed by atoms with Gasteiger partial charge in [0.2, 0.25) is 0 Å². The molecule has 1 N–H and O–H groups in total. The minimum atomic E-state index is -0.888. The molecule has 1 fully saturated rings. The first kappa shape index (κ1) is 20.3. The Morgan fingerprint density at radius 2 is 1.65 bits per heavy atom. The molecule has 1 heterocycles. The maximum absolute atomic E-state index is 12.2. The van der Waals surface area contributed by atoms with E-state index in [4.69, 9.17) is 4.74 Å². The van der Waals surface area contributed by atoms with E-state index in [2.05, 4.69) is 0 Å². The van der Waals surface area contributed by atoms with Crippen LogP contribution in [0, 0.1) is 0 Å². The summed E-state index contributed by atoms with van der Waals surface area (Å²) in [5, 5.41) is 9.46. The van der Waals surface area contributed by atoms with Crippen LogP contribution in [0.25, 0.3) is 0 Å². The Labute approximate surface area is 156 Å². The number of benzene rings is 1. The zero-order valence-corrected chi connectivity index (χ0v) is 16.8. The number of hydrogen-bond donors (Lipinski definition) is 1. The third kappa shape index (κ3) is 4.99. The Kier molecular flexibility index (Phi) is 5.69. The number of carbonyl (C=O) groups is 2. The van der Waals surface area contributed by atoms with Crippen molar-refractivity contribution in [3.63, 3.8) is 0 Å². The van der Waals surface area contributed by atoms with Gasteiger partial charge in [0.05, 0.1) is 5.56 Å². The molecule has 0 aromatic heterocycles. The lowest BCUT2D eigenvalue weighted by Crippen LogP contribution is -2.41. The number of likely N-dealkylation sites (tertiary alicyclic amines) is 1. The number of amides is 1.